The molecule has 0 saturated heterocycles. The quantitative estimate of drug-likeness (QED) is 0.682. The van der Waals surface area contributed by atoms with Gasteiger partial charge in [-0.05, 0) is 33.0 Å². The molecule has 8 nitrogen and oxygen atoms in total. The number of urea groups is 1. The fourth-order valence-electron chi connectivity index (χ4n) is 1.33. The lowest BCUT2D eigenvalue weighted by Crippen LogP contribution is -2.25. The molecule has 0 aromatic rings. The van der Waals surface area contributed by atoms with Crippen molar-refractivity contribution in [3.8, 4) is 0 Å². The van der Waals surface area contributed by atoms with E-state index in [0.29, 0.717) is 0 Å². The van der Waals surface area contributed by atoms with E-state index in [9.17, 15) is 4.79 Å². The maximum absolute atomic E-state index is 11.2. The highest BCUT2D eigenvalue weighted by Crippen LogP contribution is 1.95. The summed E-state index contributed by atoms with van der Waals surface area (Å²) in [5, 5.41) is 18.0. The monoisotopic (exact) mass is 349 g/mol. The topological polar surface area (TPSA) is 108 Å². The van der Waals surface area contributed by atoms with Gasteiger partial charge in [0.2, 0.25) is 0 Å². The van der Waals surface area contributed by atoms with Crippen LogP contribution in [0.25, 0.3) is 0 Å². The molecule has 0 aromatic heterocycles. The molecule has 0 bridgehead atoms. The Morgan fingerprint density at radius 2 is 1.08 bits per heavy atom. The number of carbonyl (C=O) groups excluding carboxylic acids is 1. The van der Waals surface area contributed by atoms with Gasteiger partial charge in [0, 0.05) is 6.20 Å². The number of hydrogen-bond acceptors (Lipinski definition) is 6. The zero-order valence-corrected chi connectivity index (χ0v) is 14.0. The molecule has 0 saturated carbocycles. The highest BCUT2D eigenvalue weighted by Gasteiger charge is 2.02. The smallest absolute Gasteiger partial charge is 0.340 e. The summed E-state index contributed by atoms with van der Waals surface area (Å²) in [4.78, 5) is 11.2. The van der Waals surface area contributed by atoms with Crippen LogP contribution in [0.5, 0.6) is 0 Å². The first-order valence-corrected chi connectivity index (χ1v) is 7.57. The van der Waals surface area contributed by atoms with Crippen LogP contribution >= 0.6 is 0 Å². The fraction of sp³-hybridized carbons (Fsp3) is 0. The predicted molar refractivity (Wildman–Crippen MR) is 103 cm³/mol. The van der Waals surface area contributed by atoms with Gasteiger partial charge in [-0.1, -0.05) is 79.0 Å². The molecule has 1 heterocycles. The van der Waals surface area contributed by atoms with E-state index in [1.807, 2.05) is 60.8 Å². The van der Waals surface area contributed by atoms with Gasteiger partial charge < -0.3 is 5.73 Å². The van der Waals surface area contributed by atoms with Crippen molar-refractivity contribution in [3.63, 3.8) is 0 Å². The van der Waals surface area contributed by atoms with Crippen LogP contribution in [-0.4, -0.2) is 17.3 Å². The summed E-state index contributed by atoms with van der Waals surface area (Å²) < 4.78 is 0. The number of amides is 2. The van der Waals surface area contributed by atoms with Gasteiger partial charge >= 0.3 is 6.03 Å². The third-order valence-electron chi connectivity index (χ3n) is 2.43. The number of allylic oxidation sites excluding steroid dienone is 15. The summed E-state index contributed by atoms with van der Waals surface area (Å²) in [6.45, 7) is 0. The van der Waals surface area contributed by atoms with Crippen molar-refractivity contribution in [2.24, 2.45) is 31.7 Å². The lowest BCUT2D eigenvalue weighted by atomic mass is 10.3. The minimum absolute atomic E-state index is 0.809. The van der Waals surface area contributed by atoms with E-state index in [4.69, 9.17) is 5.73 Å². The molecule has 0 unspecified atom stereocenters. The van der Waals surface area contributed by atoms with E-state index >= 15 is 0 Å². The normalized spacial score (nSPS) is 15.8. The maximum atomic E-state index is 11.2. The second kappa shape index (κ2) is 14.6. The molecule has 1 rings (SSSR count). The number of carbonyl (C=O) groups is 1. The third kappa shape index (κ3) is 11.6. The molecule has 8 heteroatoms. The Bertz CT molecular complexity index is 692. The van der Waals surface area contributed by atoms with Gasteiger partial charge in [-0.2, -0.15) is 5.01 Å². The Morgan fingerprint density at radius 3 is 1.58 bits per heavy atom. The summed E-state index contributed by atoms with van der Waals surface area (Å²) in [5.74, 6) is 0. The zero-order chi connectivity index (χ0) is 18.7. The van der Waals surface area contributed by atoms with Gasteiger partial charge in [0.1, 0.15) is 0 Å². The lowest BCUT2D eigenvalue weighted by molar-refractivity contribution is 0.223. The van der Waals surface area contributed by atoms with Crippen LogP contribution in [0.3, 0.4) is 0 Å². The first-order chi connectivity index (χ1) is 12.8. The molecule has 0 aromatic carbocycles. The Kier molecular flexibility index (Phi) is 11.3. The average Bonchev–Trinajstić information content (AvgIpc) is 2.63. The van der Waals surface area contributed by atoms with Crippen molar-refractivity contribution in [1.82, 2.24) is 5.01 Å². The van der Waals surface area contributed by atoms with Crippen molar-refractivity contribution in [2.75, 3.05) is 0 Å². The average molecular weight is 349 g/mol. The zero-order valence-electron chi connectivity index (χ0n) is 14.0. The second-order valence-corrected chi connectivity index (χ2v) is 4.34. The van der Waals surface area contributed by atoms with Crippen LogP contribution in [0.15, 0.2) is 123 Å². The van der Waals surface area contributed by atoms with Crippen LogP contribution in [-0.2, 0) is 0 Å². The Hall–Kier alpha value is -3.94. The second-order valence-electron chi connectivity index (χ2n) is 4.34. The Balaban J connectivity index is 2.84. The van der Waals surface area contributed by atoms with Gasteiger partial charge in [-0.15, -0.1) is 5.10 Å². The fourth-order valence-corrected chi connectivity index (χ4v) is 1.33. The predicted octanol–water partition coefficient (Wildman–Crippen LogP) is 4.51. The van der Waals surface area contributed by atoms with Crippen molar-refractivity contribution >= 4 is 12.2 Å². The number of nitrogens with zero attached hydrogens (tertiary/aromatic N) is 6. The lowest BCUT2D eigenvalue weighted by Gasteiger charge is -2.03. The number of nitrogens with two attached hydrogens (primary N) is 1. The number of hydrogen-bond donors (Lipinski definition) is 1. The number of primary amides is 1. The minimum Gasteiger partial charge on any atom is -0.350 e. The van der Waals surface area contributed by atoms with E-state index in [2.05, 4.69) is 26.0 Å². The van der Waals surface area contributed by atoms with Gasteiger partial charge in [0.15, 0.2) is 0 Å². The van der Waals surface area contributed by atoms with Gasteiger partial charge in [-0.3, -0.25) is 0 Å². The molecule has 0 spiro atoms. The highest BCUT2D eigenvalue weighted by molar-refractivity contribution is 5.72. The van der Waals surface area contributed by atoms with Gasteiger partial charge in [-0.25, -0.2) is 4.79 Å². The first kappa shape index (κ1) is 20.1. The molecule has 2 N–H and O–H groups in total. The standard InChI is InChI=1S/C18H19N7O/c19-18(26)25-17-15-13-11-9-7-5-3-1-2-4-6-8-10-12-14-16-20-21-22-23-24-25/h1-17H,(H2,19,26). The van der Waals surface area contributed by atoms with E-state index in [-0.39, 0.29) is 0 Å². The summed E-state index contributed by atoms with van der Waals surface area (Å²) in [7, 11) is 0. The van der Waals surface area contributed by atoms with Crippen LogP contribution < -0.4 is 5.73 Å². The van der Waals surface area contributed by atoms with Crippen molar-refractivity contribution in [3.05, 3.63) is 97.3 Å². The van der Waals surface area contributed by atoms with Crippen LogP contribution in [0.4, 0.5) is 4.79 Å². The van der Waals surface area contributed by atoms with Crippen LogP contribution in [0, 0.1) is 0 Å². The summed E-state index contributed by atoms with van der Waals surface area (Å²) >= 11 is 0. The molecule has 1 aliphatic heterocycles. The van der Waals surface area contributed by atoms with E-state index in [1.54, 1.807) is 30.4 Å². The summed E-state index contributed by atoms with van der Waals surface area (Å²) in [6, 6.07) is -0.809. The Morgan fingerprint density at radius 1 is 0.615 bits per heavy atom. The molecule has 1 aliphatic rings. The molecule has 0 radical (unpaired) electrons. The molecule has 132 valence electrons. The molecule has 0 atom stereocenters. The molecule has 0 fully saturated rings. The van der Waals surface area contributed by atoms with Crippen molar-refractivity contribution in [1.29, 1.82) is 0 Å². The van der Waals surface area contributed by atoms with Crippen LogP contribution in [0.2, 0.25) is 0 Å². The SMILES string of the molecule is NC(=O)N1C=CC=CC=CC=CC=CC=CC=CC=CC=NN=NN=N1. The van der Waals surface area contributed by atoms with E-state index in [0.717, 1.165) is 5.01 Å². The van der Waals surface area contributed by atoms with Crippen molar-refractivity contribution in [2.45, 2.75) is 0 Å². The van der Waals surface area contributed by atoms with E-state index in [1.165, 1.54) is 12.4 Å². The molecule has 26 heavy (non-hydrogen) atoms. The van der Waals surface area contributed by atoms with Crippen molar-refractivity contribution < 1.29 is 4.79 Å². The molecule has 0 aliphatic carbocycles. The largest absolute Gasteiger partial charge is 0.350 e. The summed E-state index contributed by atoms with van der Waals surface area (Å²) in [5.41, 5.74) is 5.17. The minimum atomic E-state index is -0.809. The molecule has 2 amide bonds. The van der Waals surface area contributed by atoms with Crippen LogP contribution in [0.1, 0.15) is 0 Å². The first-order valence-electron chi connectivity index (χ1n) is 7.57. The third-order valence-corrected chi connectivity index (χ3v) is 2.43. The summed E-state index contributed by atoms with van der Waals surface area (Å²) in [6.07, 6.45) is 30.1. The Labute approximate surface area is 151 Å². The van der Waals surface area contributed by atoms with Gasteiger partial charge in [0.05, 0.1) is 6.21 Å². The molecular weight excluding hydrogens is 330 g/mol. The van der Waals surface area contributed by atoms with Gasteiger partial charge in [0.25, 0.3) is 0 Å². The highest BCUT2D eigenvalue weighted by atomic mass is 16.2. The molecular formula is C18H19N7O. The maximum Gasteiger partial charge on any atom is 0.340 e. The number of rotatable bonds is 0. The van der Waals surface area contributed by atoms with E-state index < -0.39 is 6.03 Å².